The van der Waals surface area contributed by atoms with Crippen LogP contribution in [0.1, 0.15) is 64.2 Å². The third kappa shape index (κ3) is 5.28. The van der Waals surface area contributed by atoms with E-state index in [1.54, 1.807) is 9.80 Å². The van der Waals surface area contributed by atoms with E-state index in [1.165, 1.54) is 6.42 Å². The van der Waals surface area contributed by atoms with Gasteiger partial charge in [0.15, 0.2) is 0 Å². The molecule has 2 aliphatic heterocycles. The van der Waals surface area contributed by atoms with E-state index in [4.69, 9.17) is 5.11 Å². The van der Waals surface area contributed by atoms with Gasteiger partial charge in [0.25, 0.3) is 0 Å². The van der Waals surface area contributed by atoms with Crippen LogP contribution in [-0.4, -0.2) is 75.6 Å². The Kier molecular flexibility index (Phi) is 8.02. The smallest absolute Gasteiger partial charge is 0.305 e. The number of hydrogen-bond acceptors (Lipinski definition) is 5. The van der Waals surface area contributed by atoms with Gasteiger partial charge in [-0.05, 0) is 44.4 Å². The number of carbonyl (C=O) groups excluding carboxylic acids is 3. The highest BCUT2D eigenvalue weighted by molar-refractivity contribution is 7.81. The number of nitrogens with one attached hydrogen (secondary N) is 1. The summed E-state index contributed by atoms with van der Waals surface area (Å²) in [7, 11) is 0. The summed E-state index contributed by atoms with van der Waals surface area (Å²) in [4.78, 5) is 52.9. The van der Waals surface area contributed by atoms with Crippen molar-refractivity contribution in [2.75, 3.05) is 19.6 Å². The number of thiol groups is 1. The van der Waals surface area contributed by atoms with Crippen molar-refractivity contribution in [3.63, 3.8) is 0 Å². The lowest BCUT2D eigenvalue weighted by Gasteiger charge is -2.34. The SMILES string of the molecule is O=C(O)CCNC(=O)C1CCCN1C(=O)C1CCCN1C(=O)[C@@H](S)C1CCCCC1. The maximum atomic E-state index is 13.3. The summed E-state index contributed by atoms with van der Waals surface area (Å²) >= 11 is 4.64. The highest BCUT2D eigenvalue weighted by Gasteiger charge is 2.43. The molecule has 9 heteroatoms. The van der Waals surface area contributed by atoms with Crippen LogP contribution < -0.4 is 5.32 Å². The predicted octanol–water partition coefficient (Wildman–Crippen LogP) is 1.44. The highest BCUT2D eigenvalue weighted by Crippen LogP contribution is 2.32. The second-order valence-electron chi connectivity index (χ2n) is 8.66. The van der Waals surface area contributed by atoms with E-state index in [-0.39, 0.29) is 41.9 Å². The van der Waals surface area contributed by atoms with Gasteiger partial charge in [0.05, 0.1) is 11.7 Å². The molecule has 0 bridgehead atoms. The molecule has 30 heavy (non-hydrogen) atoms. The van der Waals surface area contributed by atoms with Crippen LogP contribution in [0.2, 0.25) is 0 Å². The molecule has 8 nitrogen and oxygen atoms in total. The highest BCUT2D eigenvalue weighted by atomic mass is 32.1. The zero-order chi connectivity index (χ0) is 21.7. The van der Waals surface area contributed by atoms with Gasteiger partial charge in [-0.1, -0.05) is 19.3 Å². The topological polar surface area (TPSA) is 107 Å². The summed E-state index contributed by atoms with van der Waals surface area (Å²) in [5.41, 5.74) is 0. The summed E-state index contributed by atoms with van der Waals surface area (Å²) in [5, 5.41) is 11.0. The van der Waals surface area contributed by atoms with Crippen molar-refractivity contribution in [1.29, 1.82) is 0 Å². The van der Waals surface area contributed by atoms with Crippen LogP contribution in [0.4, 0.5) is 0 Å². The standard InChI is InChI=1S/C21H33N3O5S/c25-17(26)10-11-22-19(27)15-8-4-12-23(15)20(28)16-9-5-13-24(16)21(29)18(30)14-6-2-1-3-7-14/h14-16,18,30H,1-13H2,(H,22,27)(H,25,26)/t15?,16?,18-/m0/s1. The van der Waals surface area contributed by atoms with Gasteiger partial charge in [0, 0.05) is 19.6 Å². The van der Waals surface area contributed by atoms with Crippen LogP contribution >= 0.6 is 12.6 Å². The molecule has 0 aromatic heterocycles. The molecule has 1 saturated carbocycles. The second kappa shape index (κ2) is 10.5. The second-order valence-corrected chi connectivity index (χ2v) is 9.21. The van der Waals surface area contributed by atoms with Crippen LogP contribution in [0.25, 0.3) is 0 Å². The minimum atomic E-state index is -0.978. The molecule has 3 atom stereocenters. The number of likely N-dealkylation sites (tertiary alicyclic amines) is 2. The summed E-state index contributed by atoms with van der Waals surface area (Å²) in [6.45, 7) is 1.09. The largest absolute Gasteiger partial charge is 0.481 e. The van der Waals surface area contributed by atoms with Crippen LogP contribution in [0.5, 0.6) is 0 Å². The van der Waals surface area contributed by atoms with E-state index in [0.29, 0.717) is 25.9 Å². The Bertz CT molecular complexity index is 667. The van der Waals surface area contributed by atoms with Gasteiger partial charge in [-0.3, -0.25) is 19.2 Å². The number of carboxylic acids is 1. The van der Waals surface area contributed by atoms with Gasteiger partial charge >= 0.3 is 5.97 Å². The first-order chi connectivity index (χ1) is 14.4. The first-order valence-electron chi connectivity index (χ1n) is 11.2. The molecule has 0 aromatic carbocycles. The fourth-order valence-corrected chi connectivity index (χ4v) is 5.46. The van der Waals surface area contributed by atoms with Crippen molar-refractivity contribution in [2.45, 2.75) is 81.5 Å². The Labute approximate surface area is 183 Å². The summed E-state index contributed by atoms with van der Waals surface area (Å²) in [6.07, 6.45) is 8.00. The van der Waals surface area contributed by atoms with Gasteiger partial charge in [0.1, 0.15) is 12.1 Å². The van der Waals surface area contributed by atoms with Gasteiger partial charge in [-0.25, -0.2) is 0 Å². The molecule has 0 spiro atoms. The van der Waals surface area contributed by atoms with Crippen molar-refractivity contribution in [3.8, 4) is 0 Å². The van der Waals surface area contributed by atoms with Crippen molar-refractivity contribution in [2.24, 2.45) is 5.92 Å². The van der Waals surface area contributed by atoms with E-state index in [0.717, 1.165) is 38.5 Å². The Balaban J connectivity index is 1.61. The van der Waals surface area contributed by atoms with Crippen LogP contribution in [-0.2, 0) is 19.2 Å². The molecule has 3 amide bonds. The van der Waals surface area contributed by atoms with Crippen molar-refractivity contribution in [3.05, 3.63) is 0 Å². The number of aliphatic carboxylic acids is 1. The molecule has 168 valence electrons. The monoisotopic (exact) mass is 439 g/mol. The molecule has 0 aromatic rings. The number of amides is 3. The third-order valence-electron chi connectivity index (χ3n) is 6.65. The minimum absolute atomic E-state index is 0.0451. The molecule has 1 aliphatic carbocycles. The minimum Gasteiger partial charge on any atom is -0.481 e. The van der Waals surface area contributed by atoms with E-state index in [9.17, 15) is 19.2 Å². The van der Waals surface area contributed by atoms with Crippen LogP contribution in [0, 0.1) is 5.92 Å². The molecule has 3 aliphatic rings. The number of carbonyl (C=O) groups is 4. The predicted molar refractivity (Wildman–Crippen MR) is 114 cm³/mol. The van der Waals surface area contributed by atoms with Crippen LogP contribution in [0.15, 0.2) is 0 Å². The molecule has 2 heterocycles. The van der Waals surface area contributed by atoms with Gasteiger partial charge < -0.3 is 20.2 Å². The van der Waals surface area contributed by atoms with E-state index in [2.05, 4.69) is 17.9 Å². The van der Waals surface area contributed by atoms with E-state index >= 15 is 0 Å². The number of carboxylic acid groups (broad SMARTS) is 1. The fourth-order valence-electron chi connectivity index (χ4n) is 5.01. The molecule has 3 fully saturated rings. The number of nitrogens with zero attached hydrogens (tertiary/aromatic N) is 2. The average Bonchev–Trinajstić information content (AvgIpc) is 3.42. The lowest BCUT2D eigenvalue weighted by Crippen LogP contribution is -2.54. The molecular weight excluding hydrogens is 406 g/mol. The third-order valence-corrected chi connectivity index (χ3v) is 7.29. The summed E-state index contributed by atoms with van der Waals surface area (Å²) in [6, 6.07) is -1.11. The lowest BCUT2D eigenvalue weighted by molar-refractivity contribution is -0.146. The summed E-state index contributed by atoms with van der Waals surface area (Å²) < 4.78 is 0. The zero-order valence-electron chi connectivity index (χ0n) is 17.4. The first-order valence-corrected chi connectivity index (χ1v) is 11.7. The van der Waals surface area contributed by atoms with E-state index in [1.807, 2.05) is 0 Å². The Morgan fingerprint density at radius 2 is 1.53 bits per heavy atom. The molecular formula is C21H33N3O5S. The van der Waals surface area contributed by atoms with Gasteiger partial charge in [-0.15, -0.1) is 0 Å². The van der Waals surface area contributed by atoms with E-state index < -0.39 is 18.1 Å². The zero-order valence-corrected chi connectivity index (χ0v) is 18.3. The molecule has 3 rings (SSSR count). The maximum absolute atomic E-state index is 13.3. The lowest BCUT2D eigenvalue weighted by atomic mass is 9.86. The molecule has 2 saturated heterocycles. The number of rotatable bonds is 7. The quantitative estimate of drug-likeness (QED) is 0.521. The Morgan fingerprint density at radius 1 is 0.900 bits per heavy atom. The molecule has 2 N–H and O–H groups in total. The van der Waals surface area contributed by atoms with Crippen LogP contribution in [0.3, 0.4) is 0 Å². The maximum Gasteiger partial charge on any atom is 0.305 e. The molecule has 0 radical (unpaired) electrons. The average molecular weight is 440 g/mol. The van der Waals surface area contributed by atoms with Gasteiger partial charge in [-0.2, -0.15) is 12.6 Å². The first kappa shape index (κ1) is 22.9. The van der Waals surface area contributed by atoms with Crippen molar-refractivity contribution < 1.29 is 24.3 Å². The normalized spacial score (nSPS) is 25.9. The molecule has 2 unspecified atom stereocenters. The number of hydrogen-bond donors (Lipinski definition) is 3. The fraction of sp³-hybridized carbons (Fsp3) is 0.810. The van der Waals surface area contributed by atoms with Crippen molar-refractivity contribution >= 4 is 36.3 Å². The Hall–Kier alpha value is -1.77. The Morgan fingerprint density at radius 3 is 2.20 bits per heavy atom. The van der Waals surface area contributed by atoms with Gasteiger partial charge in [0.2, 0.25) is 17.7 Å². The van der Waals surface area contributed by atoms with Crippen molar-refractivity contribution in [1.82, 2.24) is 15.1 Å². The summed E-state index contributed by atoms with van der Waals surface area (Å²) in [5.74, 6) is -1.24.